The molecule has 0 spiro atoms. The number of guanidine groups is 1. The summed E-state index contributed by atoms with van der Waals surface area (Å²) in [7, 11) is 0. The zero-order chi connectivity index (χ0) is 16.1. The maximum absolute atomic E-state index is 6.12. The molecule has 5 nitrogen and oxygen atoms in total. The third kappa shape index (κ3) is 4.16. The summed E-state index contributed by atoms with van der Waals surface area (Å²) in [4.78, 5) is 7.11. The molecule has 1 aromatic rings. The van der Waals surface area contributed by atoms with Gasteiger partial charge in [-0.25, -0.2) is 0 Å². The second-order valence-electron chi connectivity index (χ2n) is 6.55. The lowest BCUT2D eigenvalue weighted by Gasteiger charge is -2.27. The van der Waals surface area contributed by atoms with Crippen molar-refractivity contribution in [2.24, 2.45) is 16.6 Å². The van der Waals surface area contributed by atoms with Gasteiger partial charge in [0.15, 0.2) is 5.96 Å². The van der Waals surface area contributed by atoms with E-state index in [9.17, 15) is 0 Å². The lowest BCUT2D eigenvalue weighted by atomic mass is 10.0. The van der Waals surface area contributed by atoms with E-state index in [1.54, 1.807) is 0 Å². The van der Waals surface area contributed by atoms with Crippen molar-refractivity contribution in [1.82, 2.24) is 10.2 Å². The van der Waals surface area contributed by atoms with E-state index in [4.69, 9.17) is 10.5 Å². The van der Waals surface area contributed by atoms with Crippen molar-refractivity contribution in [3.05, 3.63) is 29.8 Å². The number of hydrogen-bond acceptors (Lipinski definition) is 3. The number of nitrogens with one attached hydrogen (secondary N) is 1. The molecule has 0 aliphatic carbocycles. The SMILES string of the molecule is CCCN1CCC(CN=C(N)NC2CCOc3ccccc32)C1. The van der Waals surface area contributed by atoms with E-state index in [-0.39, 0.29) is 6.04 Å². The first kappa shape index (κ1) is 16.1. The predicted octanol–water partition coefficient (Wildman–Crippen LogP) is 2.15. The molecule has 0 aromatic heterocycles. The van der Waals surface area contributed by atoms with Gasteiger partial charge in [-0.3, -0.25) is 4.99 Å². The zero-order valence-electron chi connectivity index (χ0n) is 14.0. The molecule has 3 rings (SSSR count). The van der Waals surface area contributed by atoms with Gasteiger partial charge in [-0.1, -0.05) is 25.1 Å². The number of rotatable bonds is 5. The second kappa shape index (κ2) is 7.68. The average Bonchev–Trinajstić information content (AvgIpc) is 3.01. The van der Waals surface area contributed by atoms with Crippen LogP contribution in [0.5, 0.6) is 5.75 Å². The number of aliphatic imine (C=N–C) groups is 1. The number of likely N-dealkylation sites (tertiary alicyclic amines) is 1. The Kier molecular flexibility index (Phi) is 5.39. The number of benzene rings is 1. The Hall–Kier alpha value is -1.75. The van der Waals surface area contributed by atoms with Gasteiger partial charge in [0.2, 0.25) is 0 Å². The number of ether oxygens (including phenoxy) is 1. The van der Waals surface area contributed by atoms with Gasteiger partial charge in [-0.2, -0.15) is 0 Å². The lowest BCUT2D eigenvalue weighted by molar-refractivity contribution is 0.262. The van der Waals surface area contributed by atoms with Crippen LogP contribution in [0.2, 0.25) is 0 Å². The van der Waals surface area contributed by atoms with E-state index in [2.05, 4.69) is 28.2 Å². The average molecular weight is 316 g/mol. The molecule has 0 bridgehead atoms. The molecule has 2 aliphatic rings. The van der Waals surface area contributed by atoms with Gasteiger partial charge in [-0.05, 0) is 37.9 Å². The molecule has 3 N–H and O–H groups in total. The fraction of sp³-hybridized carbons (Fsp3) is 0.611. The van der Waals surface area contributed by atoms with Crippen LogP contribution in [-0.2, 0) is 0 Å². The first-order valence-electron chi connectivity index (χ1n) is 8.76. The lowest BCUT2D eigenvalue weighted by Crippen LogP contribution is -2.37. The van der Waals surface area contributed by atoms with E-state index in [1.165, 1.54) is 31.5 Å². The smallest absolute Gasteiger partial charge is 0.189 e. The Morgan fingerprint density at radius 2 is 2.26 bits per heavy atom. The largest absolute Gasteiger partial charge is 0.493 e. The fourth-order valence-corrected chi connectivity index (χ4v) is 3.52. The molecule has 0 radical (unpaired) electrons. The van der Waals surface area contributed by atoms with Crippen LogP contribution in [0, 0.1) is 5.92 Å². The summed E-state index contributed by atoms with van der Waals surface area (Å²) in [5.74, 6) is 2.15. The molecule has 1 saturated heterocycles. The van der Waals surface area contributed by atoms with Crippen LogP contribution in [0.15, 0.2) is 29.3 Å². The third-order valence-corrected chi connectivity index (χ3v) is 4.71. The van der Waals surface area contributed by atoms with Crippen molar-refractivity contribution in [3.63, 3.8) is 0 Å². The molecule has 23 heavy (non-hydrogen) atoms. The maximum Gasteiger partial charge on any atom is 0.189 e. The molecular formula is C18H28N4O. The highest BCUT2D eigenvalue weighted by atomic mass is 16.5. The minimum absolute atomic E-state index is 0.198. The van der Waals surface area contributed by atoms with Crippen molar-refractivity contribution in [1.29, 1.82) is 0 Å². The molecule has 1 aromatic carbocycles. The highest BCUT2D eigenvalue weighted by Crippen LogP contribution is 2.31. The number of nitrogens with zero attached hydrogens (tertiary/aromatic N) is 2. The van der Waals surface area contributed by atoms with Crippen LogP contribution >= 0.6 is 0 Å². The molecule has 0 saturated carbocycles. The molecule has 2 heterocycles. The molecule has 2 unspecified atom stereocenters. The summed E-state index contributed by atoms with van der Waals surface area (Å²) >= 11 is 0. The summed E-state index contributed by atoms with van der Waals surface area (Å²) in [6, 6.07) is 8.34. The Morgan fingerprint density at radius 3 is 3.13 bits per heavy atom. The van der Waals surface area contributed by atoms with Crippen molar-refractivity contribution in [3.8, 4) is 5.75 Å². The van der Waals surface area contributed by atoms with E-state index < -0.39 is 0 Å². The van der Waals surface area contributed by atoms with E-state index in [0.29, 0.717) is 11.9 Å². The van der Waals surface area contributed by atoms with Crippen LogP contribution in [0.25, 0.3) is 0 Å². The minimum Gasteiger partial charge on any atom is -0.493 e. The third-order valence-electron chi connectivity index (χ3n) is 4.71. The van der Waals surface area contributed by atoms with Gasteiger partial charge in [0.25, 0.3) is 0 Å². The summed E-state index contributed by atoms with van der Waals surface area (Å²) in [5.41, 5.74) is 7.29. The number of nitrogens with two attached hydrogens (primary N) is 1. The summed E-state index contributed by atoms with van der Waals surface area (Å²) in [5, 5.41) is 3.37. The van der Waals surface area contributed by atoms with Gasteiger partial charge >= 0.3 is 0 Å². The zero-order valence-corrected chi connectivity index (χ0v) is 14.0. The summed E-state index contributed by atoms with van der Waals surface area (Å²) in [6.07, 6.45) is 3.38. The number of hydrogen-bond donors (Lipinski definition) is 2. The van der Waals surface area contributed by atoms with Crippen LogP contribution in [-0.4, -0.2) is 43.6 Å². The maximum atomic E-state index is 6.12. The fourth-order valence-electron chi connectivity index (χ4n) is 3.52. The van der Waals surface area contributed by atoms with E-state index in [1.807, 2.05) is 18.2 Å². The molecule has 2 atom stereocenters. The molecule has 2 aliphatic heterocycles. The monoisotopic (exact) mass is 316 g/mol. The quantitative estimate of drug-likeness (QED) is 0.645. The Balaban J connectivity index is 1.53. The van der Waals surface area contributed by atoms with Gasteiger partial charge in [0, 0.05) is 25.1 Å². The number of para-hydroxylation sites is 1. The normalized spacial score (nSPS) is 25.0. The topological polar surface area (TPSA) is 62.9 Å². The highest BCUT2D eigenvalue weighted by Gasteiger charge is 2.23. The van der Waals surface area contributed by atoms with Crippen LogP contribution < -0.4 is 15.8 Å². The highest BCUT2D eigenvalue weighted by molar-refractivity contribution is 5.78. The Labute approximate surface area is 138 Å². The van der Waals surface area contributed by atoms with E-state index >= 15 is 0 Å². The minimum atomic E-state index is 0.198. The van der Waals surface area contributed by atoms with Gasteiger partial charge < -0.3 is 20.7 Å². The molecule has 5 heteroatoms. The van der Waals surface area contributed by atoms with Crippen LogP contribution in [0.3, 0.4) is 0 Å². The first-order valence-corrected chi connectivity index (χ1v) is 8.76. The molecule has 126 valence electrons. The molecule has 1 fully saturated rings. The predicted molar refractivity (Wildman–Crippen MR) is 93.8 cm³/mol. The van der Waals surface area contributed by atoms with E-state index in [0.717, 1.165) is 31.9 Å². The Morgan fingerprint density at radius 1 is 1.39 bits per heavy atom. The molecule has 0 amide bonds. The second-order valence-corrected chi connectivity index (χ2v) is 6.55. The standard InChI is InChI=1S/C18H28N4O/c1-2-9-22-10-7-14(13-22)12-20-18(19)21-16-8-11-23-17-6-4-3-5-15(16)17/h3-6,14,16H,2,7-13H2,1H3,(H3,19,20,21). The van der Waals surface area contributed by atoms with Crippen molar-refractivity contribution in [2.45, 2.75) is 32.2 Å². The van der Waals surface area contributed by atoms with Crippen LogP contribution in [0.1, 0.15) is 37.8 Å². The summed E-state index contributed by atoms with van der Waals surface area (Å²) in [6.45, 7) is 7.34. The summed E-state index contributed by atoms with van der Waals surface area (Å²) < 4.78 is 5.69. The van der Waals surface area contributed by atoms with Gasteiger partial charge in [-0.15, -0.1) is 0 Å². The van der Waals surface area contributed by atoms with Crippen molar-refractivity contribution >= 4 is 5.96 Å². The van der Waals surface area contributed by atoms with Gasteiger partial charge in [0.05, 0.1) is 12.6 Å². The Bertz CT molecular complexity index is 546. The molecular weight excluding hydrogens is 288 g/mol. The first-order chi connectivity index (χ1) is 11.3. The van der Waals surface area contributed by atoms with Crippen LogP contribution in [0.4, 0.5) is 0 Å². The number of fused-ring (bicyclic) bond motifs is 1. The van der Waals surface area contributed by atoms with Gasteiger partial charge in [0.1, 0.15) is 5.75 Å². The van der Waals surface area contributed by atoms with Crippen molar-refractivity contribution in [2.75, 3.05) is 32.8 Å². The van der Waals surface area contributed by atoms with Crippen molar-refractivity contribution < 1.29 is 4.74 Å².